The number of aliphatic hydroxyl groups excluding tert-OH is 1. The summed E-state index contributed by atoms with van der Waals surface area (Å²) in [5.41, 5.74) is 0.332. The lowest BCUT2D eigenvalue weighted by Gasteiger charge is -2.26. The standard InChI is InChI=1S/C13H19ClFNO/c1-13(2,3)11(17)8-16-7-9-5-4-6-10(14)12(9)15/h4-6,11,16-17H,7-8H2,1-3H3. The van der Waals surface area contributed by atoms with Gasteiger partial charge >= 0.3 is 0 Å². The number of hydrogen-bond donors (Lipinski definition) is 2. The van der Waals surface area contributed by atoms with Crippen LogP contribution in [0, 0.1) is 11.2 Å². The molecule has 0 saturated heterocycles. The highest BCUT2D eigenvalue weighted by molar-refractivity contribution is 6.30. The van der Waals surface area contributed by atoms with Crippen LogP contribution in [-0.2, 0) is 6.54 Å². The summed E-state index contributed by atoms with van der Waals surface area (Å²) < 4.78 is 13.5. The Morgan fingerprint density at radius 2 is 2.06 bits per heavy atom. The van der Waals surface area contributed by atoms with E-state index in [1.807, 2.05) is 20.8 Å². The normalized spacial score (nSPS) is 13.8. The molecule has 1 unspecified atom stereocenters. The Kier molecular flexibility index (Phi) is 4.92. The van der Waals surface area contributed by atoms with Crippen LogP contribution >= 0.6 is 11.6 Å². The van der Waals surface area contributed by atoms with Gasteiger partial charge in [-0.25, -0.2) is 4.39 Å². The molecule has 0 amide bonds. The molecule has 4 heteroatoms. The minimum absolute atomic E-state index is 0.126. The largest absolute Gasteiger partial charge is 0.391 e. The molecule has 1 rings (SSSR count). The molecule has 2 nitrogen and oxygen atoms in total. The van der Waals surface area contributed by atoms with Crippen molar-refractivity contribution in [3.8, 4) is 0 Å². The van der Waals surface area contributed by atoms with Crippen molar-refractivity contribution in [2.24, 2.45) is 5.41 Å². The van der Waals surface area contributed by atoms with Gasteiger partial charge in [0.05, 0.1) is 11.1 Å². The van der Waals surface area contributed by atoms with E-state index >= 15 is 0 Å². The van der Waals surface area contributed by atoms with E-state index < -0.39 is 11.9 Å². The first-order chi connectivity index (χ1) is 7.82. The molecule has 96 valence electrons. The summed E-state index contributed by atoms with van der Waals surface area (Å²) in [6.45, 7) is 6.66. The van der Waals surface area contributed by atoms with E-state index in [2.05, 4.69) is 5.32 Å². The number of halogens is 2. The highest BCUT2D eigenvalue weighted by atomic mass is 35.5. The van der Waals surface area contributed by atoms with Gasteiger partial charge < -0.3 is 10.4 Å². The van der Waals surface area contributed by atoms with E-state index in [-0.39, 0.29) is 10.4 Å². The Morgan fingerprint density at radius 1 is 1.41 bits per heavy atom. The van der Waals surface area contributed by atoms with Crippen LogP contribution < -0.4 is 5.32 Å². The zero-order valence-electron chi connectivity index (χ0n) is 10.4. The summed E-state index contributed by atoms with van der Waals surface area (Å²) >= 11 is 5.68. The Bertz CT molecular complexity index is 376. The number of aliphatic hydroxyl groups is 1. The third kappa shape index (κ3) is 4.26. The summed E-state index contributed by atoms with van der Waals surface area (Å²) in [6.07, 6.45) is -0.468. The lowest BCUT2D eigenvalue weighted by atomic mass is 9.89. The Hall–Kier alpha value is -0.640. The van der Waals surface area contributed by atoms with Gasteiger partial charge in [-0.3, -0.25) is 0 Å². The van der Waals surface area contributed by atoms with Gasteiger partial charge in [-0.15, -0.1) is 0 Å². The minimum atomic E-state index is -0.468. The van der Waals surface area contributed by atoms with Crippen molar-refractivity contribution in [2.45, 2.75) is 33.4 Å². The fourth-order valence-electron chi connectivity index (χ4n) is 1.33. The van der Waals surface area contributed by atoms with E-state index in [9.17, 15) is 9.50 Å². The number of rotatable bonds is 4. The average molecular weight is 260 g/mol. The van der Waals surface area contributed by atoms with Gasteiger partial charge in [-0.2, -0.15) is 0 Å². The van der Waals surface area contributed by atoms with Gasteiger partial charge in [0.2, 0.25) is 0 Å². The maximum Gasteiger partial charge on any atom is 0.146 e. The summed E-state index contributed by atoms with van der Waals surface area (Å²) in [6, 6.07) is 4.91. The molecule has 0 heterocycles. The second-order valence-electron chi connectivity index (χ2n) is 5.23. The number of nitrogens with one attached hydrogen (secondary N) is 1. The molecule has 0 bridgehead atoms. The van der Waals surface area contributed by atoms with Crippen LogP contribution in [0.4, 0.5) is 4.39 Å². The van der Waals surface area contributed by atoms with Crippen molar-refractivity contribution in [1.29, 1.82) is 0 Å². The Labute approximate surface area is 107 Å². The zero-order valence-corrected chi connectivity index (χ0v) is 11.2. The molecule has 0 aliphatic rings. The van der Waals surface area contributed by atoms with Gasteiger partial charge in [-0.05, 0) is 11.5 Å². The van der Waals surface area contributed by atoms with Crippen molar-refractivity contribution >= 4 is 11.6 Å². The smallest absolute Gasteiger partial charge is 0.146 e. The Morgan fingerprint density at radius 3 is 2.65 bits per heavy atom. The van der Waals surface area contributed by atoms with E-state index in [0.717, 1.165) is 0 Å². The third-order valence-corrected chi connectivity index (χ3v) is 2.98. The van der Waals surface area contributed by atoms with Gasteiger partial charge in [0.15, 0.2) is 0 Å². The molecule has 0 aromatic heterocycles. The van der Waals surface area contributed by atoms with Crippen LogP contribution in [-0.4, -0.2) is 17.8 Å². The van der Waals surface area contributed by atoms with Crippen LogP contribution in [0.15, 0.2) is 18.2 Å². The van der Waals surface area contributed by atoms with E-state index in [1.54, 1.807) is 12.1 Å². The van der Waals surface area contributed by atoms with Crippen LogP contribution in [0.3, 0.4) is 0 Å². The molecule has 1 aromatic carbocycles. The van der Waals surface area contributed by atoms with Crippen molar-refractivity contribution in [1.82, 2.24) is 5.32 Å². The highest BCUT2D eigenvalue weighted by Gasteiger charge is 2.21. The topological polar surface area (TPSA) is 32.3 Å². The van der Waals surface area contributed by atoms with Crippen LogP contribution in [0.1, 0.15) is 26.3 Å². The van der Waals surface area contributed by atoms with Crippen LogP contribution in [0.25, 0.3) is 0 Å². The van der Waals surface area contributed by atoms with Gasteiger partial charge in [0, 0.05) is 18.7 Å². The monoisotopic (exact) mass is 259 g/mol. The van der Waals surface area contributed by atoms with Crippen LogP contribution in [0.5, 0.6) is 0 Å². The first-order valence-electron chi connectivity index (χ1n) is 5.64. The minimum Gasteiger partial charge on any atom is -0.391 e. The van der Waals surface area contributed by atoms with Crippen molar-refractivity contribution in [2.75, 3.05) is 6.54 Å². The summed E-state index contributed by atoms with van der Waals surface area (Å²) in [4.78, 5) is 0. The first kappa shape index (κ1) is 14.4. The lowest BCUT2D eigenvalue weighted by molar-refractivity contribution is 0.0627. The fourth-order valence-corrected chi connectivity index (χ4v) is 1.53. The van der Waals surface area contributed by atoms with E-state index in [4.69, 9.17) is 11.6 Å². The molecule has 0 aliphatic carbocycles. The molecule has 0 spiro atoms. The van der Waals surface area contributed by atoms with Crippen molar-refractivity contribution in [3.63, 3.8) is 0 Å². The number of benzene rings is 1. The summed E-state index contributed by atoms with van der Waals surface area (Å²) in [7, 11) is 0. The summed E-state index contributed by atoms with van der Waals surface area (Å²) in [5, 5.41) is 13.0. The molecule has 0 saturated carbocycles. The van der Waals surface area contributed by atoms with Crippen molar-refractivity contribution in [3.05, 3.63) is 34.6 Å². The first-order valence-corrected chi connectivity index (χ1v) is 6.02. The molecule has 1 aromatic rings. The highest BCUT2D eigenvalue weighted by Crippen LogP contribution is 2.19. The lowest BCUT2D eigenvalue weighted by Crippen LogP contribution is -2.36. The van der Waals surface area contributed by atoms with E-state index in [0.29, 0.717) is 18.7 Å². The molecule has 0 radical (unpaired) electrons. The molecule has 2 N–H and O–H groups in total. The fraction of sp³-hybridized carbons (Fsp3) is 0.538. The van der Waals surface area contributed by atoms with Gasteiger partial charge in [0.1, 0.15) is 5.82 Å². The molecule has 17 heavy (non-hydrogen) atoms. The molecular formula is C13H19ClFNO. The van der Waals surface area contributed by atoms with E-state index in [1.165, 1.54) is 6.07 Å². The predicted molar refractivity (Wildman–Crippen MR) is 68.6 cm³/mol. The quantitative estimate of drug-likeness (QED) is 0.871. The molecule has 0 aliphatic heterocycles. The van der Waals surface area contributed by atoms with Crippen molar-refractivity contribution < 1.29 is 9.50 Å². The second-order valence-corrected chi connectivity index (χ2v) is 5.63. The Balaban J connectivity index is 2.49. The SMILES string of the molecule is CC(C)(C)C(O)CNCc1cccc(Cl)c1F. The van der Waals surface area contributed by atoms with Gasteiger partial charge in [-0.1, -0.05) is 44.5 Å². The van der Waals surface area contributed by atoms with Crippen LogP contribution in [0.2, 0.25) is 5.02 Å². The predicted octanol–water partition coefficient (Wildman–Crippen LogP) is 2.98. The molecule has 1 atom stereocenters. The average Bonchev–Trinajstić information content (AvgIpc) is 2.22. The second kappa shape index (κ2) is 5.80. The maximum atomic E-state index is 13.5. The molecular weight excluding hydrogens is 241 g/mol. The maximum absolute atomic E-state index is 13.5. The third-order valence-electron chi connectivity index (χ3n) is 2.68. The van der Waals surface area contributed by atoms with Gasteiger partial charge in [0.25, 0.3) is 0 Å². The molecule has 0 fully saturated rings. The summed E-state index contributed by atoms with van der Waals surface area (Å²) in [5.74, 6) is -0.396. The number of hydrogen-bond acceptors (Lipinski definition) is 2. The zero-order chi connectivity index (χ0) is 13.1.